The molecule has 0 bridgehead atoms. The first-order chi connectivity index (χ1) is 11.3. The Kier molecular flexibility index (Phi) is 6.95. The van der Waals surface area contributed by atoms with E-state index in [-0.39, 0.29) is 18.4 Å². The minimum atomic E-state index is 0. The maximum absolute atomic E-state index is 6.47. The molecule has 1 saturated carbocycles. The van der Waals surface area contributed by atoms with Gasteiger partial charge in [0.25, 0.3) is 0 Å². The van der Waals surface area contributed by atoms with E-state index in [1.165, 1.54) is 25.7 Å². The lowest BCUT2D eigenvalue weighted by molar-refractivity contribution is 0.283. The fraction of sp³-hybridized carbons (Fsp3) is 0.400. The van der Waals surface area contributed by atoms with Crippen LogP contribution in [-0.2, 0) is 6.61 Å². The standard InChI is InChI=1S/C20H25NO2.ClH/c1-22-18-12-11-17(20(21)16-9-5-6-10-16)13-19(18)23-14-15-7-3-2-4-8-15;/h2-4,7-8,11-13,16,20H,5-6,9-10,14,21H2,1H3;1H/t20-;/m0./s1. The third kappa shape index (κ3) is 4.43. The van der Waals surface area contributed by atoms with Gasteiger partial charge in [-0.3, -0.25) is 0 Å². The molecule has 0 aliphatic heterocycles. The van der Waals surface area contributed by atoms with Gasteiger partial charge in [0.1, 0.15) is 6.61 Å². The van der Waals surface area contributed by atoms with Gasteiger partial charge in [-0.05, 0) is 42.0 Å². The van der Waals surface area contributed by atoms with Crippen molar-refractivity contribution in [1.29, 1.82) is 0 Å². The Hall–Kier alpha value is -1.71. The van der Waals surface area contributed by atoms with Gasteiger partial charge < -0.3 is 15.2 Å². The fourth-order valence-corrected chi connectivity index (χ4v) is 3.34. The first-order valence-corrected chi connectivity index (χ1v) is 8.38. The quantitative estimate of drug-likeness (QED) is 0.809. The summed E-state index contributed by atoms with van der Waals surface area (Å²) in [5, 5.41) is 0. The van der Waals surface area contributed by atoms with Gasteiger partial charge in [0.2, 0.25) is 0 Å². The molecule has 1 fully saturated rings. The largest absolute Gasteiger partial charge is 0.493 e. The lowest BCUT2D eigenvalue weighted by Gasteiger charge is -2.21. The molecule has 0 saturated heterocycles. The van der Waals surface area contributed by atoms with Gasteiger partial charge in [0, 0.05) is 6.04 Å². The molecule has 0 radical (unpaired) electrons. The molecule has 1 atom stereocenters. The molecule has 2 aromatic rings. The smallest absolute Gasteiger partial charge is 0.161 e. The van der Waals surface area contributed by atoms with Crippen molar-refractivity contribution in [3.63, 3.8) is 0 Å². The van der Waals surface area contributed by atoms with Gasteiger partial charge >= 0.3 is 0 Å². The van der Waals surface area contributed by atoms with Crippen molar-refractivity contribution in [2.75, 3.05) is 7.11 Å². The fourth-order valence-electron chi connectivity index (χ4n) is 3.34. The summed E-state index contributed by atoms with van der Waals surface area (Å²) in [5.41, 5.74) is 8.75. The molecule has 24 heavy (non-hydrogen) atoms. The lowest BCUT2D eigenvalue weighted by Crippen LogP contribution is -2.19. The Morgan fingerprint density at radius 3 is 2.42 bits per heavy atom. The van der Waals surface area contributed by atoms with E-state index in [9.17, 15) is 0 Å². The third-order valence-electron chi connectivity index (χ3n) is 4.72. The number of ether oxygens (including phenoxy) is 2. The van der Waals surface area contributed by atoms with E-state index in [1.807, 2.05) is 30.3 Å². The second kappa shape index (κ2) is 8.95. The predicted molar refractivity (Wildman–Crippen MR) is 99.9 cm³/mol. The summed E-state index contributed by atoms with van der Waals surface area (Å²) in [7, 11) is 1.67. The molecule has 4 heteroatoms. The molecule has 0 amide bonds. The van der Waals surface area contributed by atoms with Crippen molar-refractivity contribution in [2.24, 2.45) is 11.7 Å². The molecule has 0 heterocycles. The number of rotatable bonds is 6. The van der Waals surface area contributed by atoms with Gasteiger partial charge in [-0.15, -0.1) is 12.4 Å². The molecular formula is C20H26ClNO2. The normalized spacial score (nSPS) is 15.6. The summed E-state index contributed by atoms with van der Waals surface area (Å²) in [6.07, 6.45) is 5.05. The van der Waals surface area contributed by atoms with Crippen molar-refractivity contribution in [2.45, 2.75) is 38.3 Å². The third-order valence-corrected chi connectivity index (χ3v) is 4.72. The van der Waals surface area contributed by atoms with Crippen molar-refractivity contribution in [1.82, 2.24) is 0 Å². The zero-order valence-electron chi connectivity index (χ0n) is 14.1. The van der Waals surface area contributed by atoms with Crippen LogP contribution in [0.3, 0.4) is 0 Å². The van der Waals surface area contributed by atoms with Crippen molar-refractivity contribution in [3.8, 4) is 11.5 Å². The first-order valence-electron chi connectivity index (χ1n) is 8.38. The molecule has 2 N–H and O–H groups in total. The summed E-state index contributed by atoms with van der Waals surface area (Å²) in [6.45, 7) is 0.527. The molecule has 0 unspecified atom stereocenters. The topological polar surface area (TPSA) is 44.5 Å². The van der Waals surface area contributed by atoms with Crippen LogP contribution >= 0.6 is 12.4 Å². The summed E-state index contributed by atoms with van der Waals surface area (Å²) < 4.78 is 11.4. The number of methoxy groups -OCH3 is 1. The highest BCUT2D eigenvalue weighted by atomic mass is 35.5. The zero-order valence-corrected chi connectivity index (χ0v) is 14.9. The Balaban J connectivity index is 0.00000208. The Bertz CT molecular complexity index is 627. The maximum Gasteiger partial charge on any atom is 0.161 e. The van der Waals surface area contributed by atoms with Gasteiger partial charge in [0.05, 0.1) is 7.11 Å². The average molecular weight is 348 g/mol. The van der Waals surface area contributed by atoms with E-state index in [2.05, 4.69) is 18.2 Å². The van der Waals surface area contributed by atoms with E-state index >= 15 is 0 Å². The average Bonchev–Trinajstić information content (AvgIpc) is 3.14. The molecule has 0 spiro atoms. The second-order valence-electron chi connectivity index (χ2n) is 6.25. The lowest BCUT2D eigenvalue weighted by atomic mass is 9.92. The van der Waals surface area contributed by atoms with Crippen LogP contribution in [0.2, 0.25) is 0 Å². The van der Waals surface area contributed by atoms with Crippen LogP contribution in [0.15, 0.2) is 48.5 Å². The van der Waals surface area contributed by atoms with Crippen LogP contribution in [0, 0.1) is 5.92 Å². The maximum atomic E-state index is 6.47. The summed E-state index contributed by atoms with van der Waals surface area (Å²) in [4.78, 5) is 0. The van der Waals surface area contributed by atoms with Crippen LogP contribution in [0.5, 0.6) is 11.5 Å². The highest BCUT2D eigenvalue weighted by Gasteiger charge is 2.24. The van der Waals surface area contributed by atoms with Crippen LogP contribution in [-0.4, -0.2) is 7.11 Å². The summed E-state index contributed by atoms with van der Waals surface area (Å²) in [6, 6.07) is 16.3. The molecule has 3 rings (SSSR count). The van der Waals surface area contributed by atoms with E-state index in [0.717, 1.165) is 22.6 Å². The van der Waals surface area contributed by atoms with E-state index in [4.69, 9.17) is 15.2 Å². The van der Waals surface area contributed by atoms with Crippen LogP contribution < -0.4 is 15.2 Å². The number of hydrogen-bond acceptors (Lipinski definition) is 3. The zero-order chi connectivity index (χ0) is 16.1. The van der Waals surface area contributed by atoms with Crippen molar-refractivity contribution < 1.29 is 9.47 Å². The van der Waals surface area contributed by atoms with Gasteiger partial charge in [-0.25, -0.2) is 0 Å². The minimum absolute atomic E-state index is 0. The SMILES string of the molecule is COc1ccc([C@@H](N)C2CCCC2)cc1OCc1ccccc1.Cl. The second-order valence-corrected chi connectivity index (χ2v) is 6.25. The van der Waals surface area contributed by atoms with Gasteiger partial charge in [0.15, 0.2) is 11.5 Å². The number of halogens is 1. The van der Waals surface area contributed by atoms with Gasteiger partial charge in [-0.2, -0.15) is 0 Å². The van der Waals surface area contributed by atoms with E-state index < -0.39 is 0 Å². The van der Waals surface area contributed by atoms with Crippen molar-refractivity contribution >= 4 is 12.4 Å². The van der Waals surface area contributed by atoms with E-state index in [1.54, 1.807) is 7.11 Å². The molecule has 2 aromatic carbocycles. The molecular weight excluding hydrogens is 322 g/mol. The Labute approximate surface area is 150 Å². The summed E-state index contributed by atoms with van der Waals surface area (Å²) >= 11 is 0. The van der Waals surface area contributed by atoms with Gasteiger partial charge in [-0.1, -0.05) is 49.2 Å². The Morgan fingerprint density at radius 2 is 1.75 bits per heavy atom. The van der Waals surface area contributed by atoms with E-state index in [0.29, 0.717) is 12.5 Å². The van der Waals surface area contributed by atoms with Crippen LogP contribution in [0.4, 0.5) is 0 Å². The monoisotopic (exact) mass is 347 g/mol. The highest BCUT2D eigenvalue weighted by Crippen LogP contribution is 2.37. The van der Waals surface area contributed by atoms with Crippen LogP contribution in [0.25, 0.3) is 0 Å². The molecule has 1 aliphatic carbocycles. The number of benzene rings is 2. The molecule has 1 aliphatic rings. The van der Waals surface area contributed by atoms with Crippen LogP contribution in [0.1, 0.15) is 42.9 Å². The van der Waals surface area contributed by atoms with Crippen molar-refractivity contribution in [3.05, 3.63) is 59.7 Å². The minimum Gasteiger partial charge on any atom is -0.493 e. The number of hydrogen-bond donors (Lipinski definition) is 1. The summed E-state index contributed by atoms with van der Waals surface area (Å²) in [5.74, 6) is 2.11. The number of nitrogens with two attached hydrogens (primary N) is 1. The highest BCUT2D eigenvalue weighted by molar-refractivity contribution is 5.85. The first kappa shape index (κ1) is 18.6. The molecule has 130 valence electrons. The Morgan fingerprint density at radius 1 is 1.04 bits per heavy atom. The molecule has 0 aromatic heterocycles. The molecule has 3 nitrogen and oxygen atoms in total. The predicted octanol–water partition coefficient (Wildman–Crippen LogP) is 4.89.